The fraction of sp³-hybridized carbons (Fsp3) is 0.353. The van der Waals surface area contributed by atoms with Gasteiger partial charge in [0.1, 0.15) is 5.82 Å². The Kier molecular flexibility index (Phi) is 6.02. The molecule has 0 spiro atoms. The van der Waals surface area contributed by atoms with Crippen molar-refractivity contribution in [2.75, 3.05) is 11.9 Å². The Balaban J connectivity index is 2.58. The van der Waals surface area contributed by atoms with E-state index in [4.69, 9.17) is 23.2 Å². The Morgan fingerprint density at radius 3 is 2.54 bits per heavy atom. The van der Waals surface area contributed by atoms with Crippen molar-refractivity contribution in [2.24, 2.45) is 0 Å². The van der Waals surface area contributed by atoms with Crippen molar-refractivity contribution in [2.45, 2.75) is 33.1 Å². The maximum Gasteiger partial charge on any atom is 0.374 e. The van der Waals surface area contributed by atoms with E-state index >= 15 is 0 Å². The molecule has 0 bridgehead atoms. The first-order chi connectivity index (χ1) is 11.3. The Morgan fingerprint density at radius 2 is 2.00 bits per heavy atom. The van der Waals surface area contributed by atoms with Gasteiger partial charge in [0, 0.05) is 28.6 Å². The van der Waals surface area contributed by atoms with E-state index in [0.29, 0.717) is 34.5 Å². The quantitative estimate of drug-likeness (QED) is 0.778. The van der Waals surface area contributed by atoms with Crippen molar-refractivity contribution in [3.05, 3.63) is 50.9 Å². The van der Waals surface area contributed by atoms with Crippen molar-refractivity contribution in [1.82, 2.24) is 9.97 Å². The van der Waals surface area contributed by atoms with E-state index < -0.39 is 5.97 Å². The van der Waals surface area contributed by atoms with E-state index in [0.717, 1.165) is 11.1 Å². The lowest BCUT2D eigenvalue weighted by molar-refractivity contribution is 0.0683. The fourth-order valence-electron chi connectivity index (χ4n) is 2.42. The molecule has 0 aliphatic carbocycles. The topological polar surface area (TPSA) is 75.1 Å². The summed E-state index contributed by atoms with van der Waals surface area (Å²) in [5.41, 5.74) is 2.43. The molecule has 0 unspecified atom stereocenters. The van der Waals surface area contributed by atoms with Gasteiger partial charge in [-0.05, 0) is 30.5 Å². The lowest BCUT2D eigenvalue weighted by Crippen LogP contribution is -2.15. The number of hydrogen-bond acceptors (Lipinski definition) is 4. The molecule has 0 amide bonds. The number of carbonyl (C=O) groups is 1. The van der Waals surface area contributed by atoms with Crippen molar-refractivity contribution < 1.29 is 9.90 Å². The van der Waals surface area contributed by atoms with Gasteiger partial charge in [0.05, 0.1) is 5.69 Å². The number of nitrogens with one attached hydrogen (secondary N) is 1. The summed E-state index contributed by atoms with van der Waals surface area (Å²) in [5.74, 6) is -0.781. The average molecular weight is 368 g/mol. The van der Waals surface area contributed by atoms with Gasteiger partial charge in [-0.1, -0.05) is 43.1 Å². The van der Waals surface area contributed by atoms with E-state index in [1.807, 2.05) is 26.8 Å². The summed E-state index contributed by atoms with van der Waals surface area (Å²) in [6.45, 7) is 6.49. The molecular formula is C17H19Cl2N3O2. The van der Waals surface area contributed by atoms with Crippen LogP contribution in [0.3, 0.4) is 0 Å². The third-order valence-electron chi connectivity index (χ3n) is 3.50. The number of halogens is 2. The summed E-state index contributed by atoms with van der Waals surface area (Å²) in [5, 5.41) is 13.5. The molecule has 5 nitrogen and oxygen atoms in total. The molecule has 0 aliphatic rings. The zero-order chi connectivity index (χ0) is 17.9. The van der Waals surface area contributed by atoms with Crippen LogP contribution in [0.5, 0.6) is 0 Å². The van der Waals surface area contributed by atoms with Gasteiger partial charge < -0.3 is 10.4 Å². The molecule has 1 aromatic carbocycles. The number of hydrogen-bond donors (Lipinski definition) is 2. The Bertz CT molecular complexity index is 764. The van der Waals surface area contributed by atoms with Crippen molar-refractivity contribution in [1.29, 1.82) is 0 Å². The van der Waals surface area contributed by atoms with Gasteiger partial charge in [-0.25, -0.2) is 14.8 Å². The smallest absolute Gasteiger partial charge is 0.374 e. The van der Waals surface area contributed by atoms with Gasteiger partial charge in [-0.15, -0.1) is 0 Å². The van der Waals surface area contributed by atoms with Crippen LogP contribution in [-0.4, -0.2) is 27.6 Å². The van der Waals surface area contributed by atoms with Crippen LogP contribution in [0.1, 0.15) is 54.1 Å². The molecule has 0 radical (unpaired) electrons. The first kappa shape index (κ1) is 18.5. The Labute approximate surface area is 151 Å². The normalized spacial score (nSPS) is 10.9. The molecule has 2 N–H and O–H groups in total. The average Bonchev–Trinajstić information content (AvgIpc) is 2.50. The van der Waals surface area contributed by atoms with E-state index in [2.05, 4.69) is 15.3 Å². The number of carboxylic acid groups (broad SMARTS) is 1. The number of carboxylic acids is 1. The Hall–Kier alpha value is -1.85. The number of aromatic carboxylic acids is 1. The van der Waals surface area contributed by atoms with Crippen LogP contribution in [-0.2, 0) is 6.42 Å². The van der Waals surface area contributed by atoms with Crippen LogP contribution in [0.15, 0.2) is 18.2 Å². The molecule has 0 aliphatic heterocycles. The monoisotopic (exact) mass is 367 g/mol. The van der Waals surface area contributed by atoms with Crippen LogP contribution >= 0.6 is 23.2 Å². The first-order valence-corrected chi connectivity index (χ1v) is 8.41. The highest BCUT2D eigenvalue weighted by Gasteiger charge is 2.20. The summed E-state index contributed by atoms with van der Waals surface area (Å²) in [7, 11) is 0. The summed E-state index contributed by atoms with van der Waals surface area (Å²) >= 11 is 12.2. The van der Waals surface area contributed by atoms with Gasteiger partial charge in [0.15, 0.2) is 0 Å². The van der Waals surface area contributed by atoms with Crippen LogP contribution in [0.25, 0.3) is 0 Å². The molecule has 1 heterocycles. The molecule has 24 heavy (non-hydrogen) atoms. The summed E-state index contributed by atoms with van der Waals surface area (Å²) in [6, 6.07) is 5.32. The number of anilines is 1. The zero-order valence-electron chi connectivity index (χ0n) is 13.7. The van der Waals surface area contributed by atoms with Gasteiger partial charge >= 0.3 is 5.97 Å². The number of aromatic nitrogens is 2. The molecule has 128 valence electrons. The third-order valence-corrected chi connectivity index (χ3v) is 4.09. The maximum atomic E-state index is 11.3. The minimum Gasteiger partial charge on any atom is -0.475 e. The lowest BCUT2D eigenvalue weighted by atomic mass is 9.97. The highest BCUT2D eigenvalue weighted by atomic mass is 35.5. The summed E-state index contributed by atoms with van der Waals surface area (Å²) in [6.07, 6.45) is 0.492. The minimum absolute atomic E-state index is 0.0459. The maximum absolute atomic E-state index is 11.3. The molecule has 7 heteroatoms. The molecule has 0 saturated heterocycles. The second kappa shape index (κ2) is 7.81. The van der Waals surface area contributed by atoms with Gasteiger partial charge in [-0.3, -0.25) is 0 Å². The van der Waals surface area contributed by atoms with Crippen LogP contribution < -0.4 is 5.32 Å². The number of benzene rings is 1. The zero-order valence-corrected chi connectivity index (χ0v) is 15.2. The second-order valence-corrected chi connectivity index (χ2v) is 6.51. The van der Waals surface area contributed by atoms with E-state index in [9.17, 15) is 9.90 Å². The molecule has 0 atom stereocenters. The predicted molar refractivity (Wildman–Crippen MR) is 96.5 cm³/mol. The first-order valence-electron chi connectivity index (χ1n) is 7.65. The third kappa shape index (κ3) is 4.16. The van der Waals surface area contributed by atoms with Gasteiger partial charge in [0.25, 0.3) is 0 Å². The van der Waals surface area contributed by atoms with Gasteiger partial charge in [0.2, 0.25) is 5.82 Å². The molecule has 0 saturated carbocycles. The molecule has 2 aromatic rings. The molecule has 2 rings (SSSR count). The highest BCUT2D eigenvalue weighted by Crippen LogP contribution is 2.30. The summed E-state index contributed by atoms with van der Waals surface area (Å²) in [4.78, 5) is 19.7. The van der Waals surface area contributed by atoms with Gasteiger partial charge in [-0.2, -0.15) is 0 Å². The van der Waals surface area contributed by atoms with Crippen molar-refractivity contribution in [3.8, 4) is 0 Å². The molecule has 1 aromatic heterocycles. The fourth-order valence-corrected chi connectivity index (χ4v) is 2.89. The summed E-state index contributed by atoms with van der Waals surface area (Å²) < 4.78 is 0. The van der Waals surface area contributed by atoms with E-state index in [-0.39, 0.29) is 11.7 Å². The van der Waals surface area contributed by atoms with E-state index in [1.165, 1.54) is 0 Å². The lowest BCUT2D eigenvalue weighted by Gasteiger charge is -2.18. The second-order valence-electron chi connectivity index (χ2n) is 5.66. The molecule has 0 fully saturated rings. The Morgan fingerprint density at radius 1 is 1.29 bits per heavy atom. The largest absolute Gasteiger partial charge is 0.475 e. The predicted octanol–water partition coefficient (Wildman–Crippen LogP) is 4.63. The van der Waals surface area contributed by atoms with Crippen LogP contribution in [0.2, 0.25) is 10.0 Å². The number of nitrogens with zero attached hydrogens (tertiary/aromatic N) is 2. The highest BCUT2D eigenvalue weighted by molar-refractivity contribution is 6.35. The van der Waals surface area contributed by atoms with Crippen LogP contribution in [0, 0.1) is 0 Å². The minimum atomic E-state index is -1.15. The number of rotatable bonds is 6. The van der Waals surface area contributed by atoms with E-state index in [1.54, 1.807) is 12.1 Å². The molecular weight excluding hydrogens is 349 g/mol. The van der Waals surface area contributed by atoms with Crippen molar-refractivity contribution in [3.63, 3.8) is 0 Å². The SMILES string of the molecule is CCNc1nc(C(=O)O)nc(C(C)C)c1Cc1ccc(Cl)cc1Cl. The standard InChI is InChI=1S/C17H19Cl2N3O2/c1-4-20-15-12(7-10-5-6-11(18)8-13(10)19)14(9(2)3)21-16(22-15)17(23)24/h5-6,8-9H,4,7H2,1-3H3,(H,23,24)(H,20,21,22). The van der Waals surface area contributed by atoms with Crippen molar-refractivity contribution >= 4 is 35.0 Å². The van der Waals surface area contributed by atoms with Crippen LogP contribution in [0.4, 0.5) is 5.82 Å².